The summed E-state index contributed by atoms with van der Waals surface area (Å²) in [6, 6.07) is 12.1. The SMILES string of the molecule is C/C=C(/C1CCNCC1)n1nc2nccc(-c3ccccc3)c2c1NC=O. The van der Waals surface area contributed by atoms with Crippen LogP contribution in [0.2, 0.25) is 0 Å². The number of aromatic nitrogens is 3. The Morgan fingerprint density at radius 2 is 2.00 bits per heavy atom. The molecule has 0 saturated carbocycles. The molecule has 1 aromatic carbocycles. The van der Waals surface area contributed by atoms with Crippen molar-refractivity contribution in [1.29, 1.82) is 0 Å². The molecule has 6 heteroatoms. The fourth-order valence-corrected chi connectivity index (χ4v) is 3.89. The lowest BCUT2D eigenvalue weighted by atomic mass is 9.94. The van der Waals surface area contributed by atoms with Crippen molar-refractivity contribution >= 4 is 29.0 Å². The number of fused-ring (bicyclic) bond motifs is 1. The monoisotopic (exact) mass is 361 g/mol. The molecule has 1 fully saturated rings. The molecule has 2 N–H and O–H groups in total. The standard InChI is InChI=1S/C21H23N5O/c1-2-18(16-8-11-22-12-9-16)26-21(24-14-27)19-17(10-13-23-20(19)25-26)15-6-4-3-5-7-15/h2-7,10,13-14,16,22H,8-9,11-12H2,1H3,(H,24,27)/b18-2-. The first-order chi connectivity index (χ1) is 13.3. The van der Waals surface area contributed by atoms with E-state index in [4.69, 9.17) is 5.10 Å². The topological polar surface area (TPSA) is 71.8 Å². The molecular weight excluding hydrogens is 338 g/mol. The molecule has 6 nitrogen and oxygen atoms in total. The normalized spacial score (nSPS) is 15.8. The Bertz CT molecular complexity index is 971. The molecule has 138 valence electrons. The van der Waals surface area contributed by atoms with Crippen LogP contribution >= 0.6 is 0 Å². The number of benzene rings is 1. The number of hydrogen-bond acceptors (Lipinski definition) is 4. The van der Waals surface area contributed by atoms with Crippen LogP contribution in [0.25, 0.3) is 27.9 Å². The van der Waals surface area contributed by atoms with Crippen LogP contribution in [0.4, 0.5) is 5.82 Å². The van der Waals surface area contributed by atoms with Crippen LogP contribution in [0, 0.1) is 5.92 Å². The zero-order valence-electron chi connectivity index (χ0n) is 15.4. The number of carbonyl (C=O) groups excluding carboxylic acids is 1. The lowest BCUT2D eigenvalue weighted by Crippen LogP contribution is -2.29. The van der Waals surface area contributed by atoms with Crippen molar-refractivity contribution in [2.45, 2.75) is 19.8 Å². The van der Waals surface area contributed by atoms with Gasteiger partial charge in [0.05, 0.1) is 5.39 Å². The van der Waals surface area contributed by atoms with Gasteiger partial charge in [-0.1, -0.05) is 36.4 Å². The highest BCUT2D eigenvalue weighted by atomic mass is 16.1. The van der Waals surface area contributed by atoms with E-state index in [2.05, 4.69) is 33.8 Å². The van der Waals surface area contributed by atoms with E-state index in [-0.39, 0.29) is 0 Å². The van der Waals surface area contributed by atoms with E-state index in [1.54, 1.807) is 6.20 Å². The smallest absolute Gasteiger partial charge is 0.212 e. The van der Waals surface area contributed by atoms with Gasteiger partial charge in [-0.2, -0.15) is 0 Å². The largest absolute Gasteiger partial charge is 0.317 e. The summed E-state index contributed by atoms with van der Waals surface area (Å²) in [7, 11) is 0. The van der Waals surface area contributed by atoms with Crippen LogP contribution < -0.4 is 10.6 Å². The molecule has 3 heterocycles. The number of nitrogens with one attached hydrogen (secondary N) is 2. The van der Waals surface area contributed by atoms with Crippen molar-refractivity contribution in [1.82, 2.24) is 20.1 Å². The van der Waals surface area contributed by atoms with Gasteiger partial charge in [-0.05, 0) is 50.0 Å². The van der Waals surface area contributed by atoms with Gasteiger partial charge in [-0.3, -0.25) is 4.79 Å². The van der Waals surface area contributed by atoms with Crippen molar-refractivity contribution in [2.24, 2.45) is 5.92 Å². The van der Waals surface area contributed by atoms with Crippen LogP contribution in [0.1, 0.15) is 19.8 Å². The van der Waals surface area contributed by atoms with Gasteiger partial charge in [-0.15, -0.1) is 5.10 Å². The molecule has 0 aliphatic carbocycles. The summed E-state index contributed by atoms with van der Waals surface area (Å²) in [6.07, 6.45) is 6.68. The summed E-state index contributed by atoms with van der Waals surface area (Å²) < 4.78 is 1.87. The van der Waals surface area contributed by atoms with E-state index in [0.29, 0.717) is 23.8 Å². The minimum atomic E-state index is 0.401. The van der Waals surface area contributed by atoms with Gasteiger partial charge in [0, 0.05) is 17.8 Å². The molecule has 3 aromatic rings. The number of rotatable bonds is 5. The highest BCUT2D eigenvalue weighted by Gasteiger charge is 2.24. The minimum Gasteiger partial charge on any atom is -0.317 e. The number of allylic oxidation sites excluding steroid dienone is 2. The van der Waals surface area contributed by atoms with E-state index in [1.165, 1.54) is 0 Å². The second-order valence-corrected chi connectivity index (χ2v) is 6.68. The maximum absolute atomic E-state index is 11.4. The lowest BCUT2D eigenvalue weighted by Gasteiger charge is -2.25. The molecule has 0 spiro atoms. The van der Waals surface area contributed by atoms with Crippen molar-refractivity contribution in [3.8, 4) is 11.1 Å². The van der Waals surface area contributed by atoms with Gasteiger partial charge in [0.15, 0.2) is 5.65 Å². The Labute approximate surface area is 158 Å². The molecular formula is C21H23N5O. The lowest BCUT2D eigenvalue weighted by molar-refractivity contribution is -0.105. The molecule has 1 saturated heterocycles. The molecule has 2 aromatic heterocycles. The summed E-state index contributed by atoms with van der Waals surface area (Å²) >= 11 is 0. The zero-order chi connectivity index (χ0) is 18.6. The van der Waals surface area contributed by atoms with Crippen molar-refractivity contribution in [2.75, 3.05) is 18.4 Å². The third kappa shape index (κ3) is 3.24. The molecule has 1 aliphatic heterocycles. The van der Waals surface area contributed by atoms with Crippen LogP contribution in [0.15, 0.2) is 48.7 Å². The van der Waals surface area contributed by atoms with Crippen LogP contribution in [-0.2, 0) is 4.79 Å². The number of hydrogen-bond donors (Lipinski definition) is 2. The van der Waals surface area contributed by atoms with E-state index in [9.17, 15) is 4.79 Å². The van der Waals surface area contributed by atoms with Crippen molar-refractivity contribution < 1.29 is 4.79 Å². The van der Waals surface area contributed by atoms with Gasteiger partial charge < -0.3 is 10.6 Å². The summed E-state index contributed by atoms with van der Waals surface area (Å²) in [4.78, 5) is 15.9. The van der Waals surface area contributed by atoms with E-state index >= 15 is 0 Å². The van der Waals surface area contributed by atoms with Crippen LogP contribution in [0.5, 0.6) is 0 Å². The Morgan fingerprint density at radius 1 is 1.22 bits per heavy atom. The first-order valence-corrected chi connectivity index (χ1v) is 9.34. The fraction of sp³-hybridized carbons (Fsp3) is 0.286. The Kier molecular flexibility index (Phi) is 4.98. The highest BCUT2D eigenvalue weighted by molar-refractivity contribution is 6.03. The number of nitrogens with zero attached hydrogens (tertiary/aromatic N) is 3. The van der Waals surface area contributed by atoms with Crippen LogP contribution in [0.3, 0.4) is 0 Å². The summed E-state index contributed by atoms with van der Waals surface area (Å²) in [5.74, 6) is 1.08. The van der Waals surface area contributed by atoms with Gasteiger partial charge >= 0.3 is 0 Å². The molecule has 0 unspecified atom stereocenters. The number of anilines is 1. The van der Waals surface area contributed by atoms with Gasteiger partial charge in [0.2, 0.25) is 6.41 Å². The average molecular weight is 361 g/mol. The second kappa shape index (κ2) is 7.72. The van der Waals surface area contributed by atoms with E-state index < -0.39 is 0 Å². The molecule has 0 atom stereocenters. The number of piperidine rings is 1. The zero-order valence-corrected chi connectivity index (χ0v) is 15.4. The quantitative estimate of drug-likeness (QED) is 0.682. The van der Waals surface area contributed by atoms with Gasteiger partial charge in [-0.25, -0.2) is 9.67 Å². The third-order valence-corrected chi connectivity index (χ3v) is 5.15. The summed E-state index contributed by atoms with van der Waals surface area (Å²) in [6.45, 7) is 4.01. The van der Waals surface area contributed by atoms with Crippen LogP contribution in [-0.4, -0.2) is 34.3 Å². The molecule has 0 radical (unpaired) electrons. The Morgan fingerprint density at radius 3 is 2.70 bits per heavy atom. The molecule has 1 amide bonds. The Balaban J connectivity index is 1.91. The minimum absolute atomic E-state index is 0.401. The maximum atomic E-state index is 11.4. The van der Waals surface area contributed by atoms with E-state index in [1.807, 2.05) is 35.9 Å². The predicted molar refractivity (Wildman–Crippen MR) is 108 cm³/mol. The fourth-order valence-electron chi connectivity index (χ4n) is 3.89. The number of pyridine rings is 1. The first kappa shape index (κ1) is 17.4. The molecule has 27 heavy (non-hydrogen) atoms. The first-order valence-electron chi connectivity index (χ1n) is 9.34. The predicted octanol–water partition coefficient (Wildman–Crippen LogP) is 3.53. The number of carbonyl (C=O) groups is 1. The molecule has 0 bridgehead atoms. The molecule has 4 rings (SSSR count). The summed E-state index contributed by atoms with van der Waals surface area (Å²) in [5, 5.41) is 11.9. The second-order valence-electron chi connectivity index (χ2n) is 6.68. The average Bonchev–Trinajstić information content (AvgIpc) is 3.09. The summed E-state index contributed by atoms with van der Waals surface area (Å²) in [5.41, 5.74) is 3.83. The van der Waals surface area contributed by atoms with Gasteiger partial charge in [0.25, 0.3) is 0 Å². The van der Waals surface area contributed by atoms with E-state index in [0.717, 1.165) is 48.1 Å². The number of amides is 1. The molecule has 1 aliphatic rings. The van der Waals surface area contributed by atoms with Crippen molar-refractivity contribution in [3.05, 3.63) is 48.7 Å². The van der Waals surface area contributed by atoms with Gasteiger partial charge in [0.1, 0.15) is 5.82 Å². The van der Waals surface area contributed by atoms with Crippen molar-refractivity contribution in [3.63, 3.8) is 0 Å². The maximum Gasteiger partial charge on any atom is 0.212 e. The Hall–Kier alpha value is -2.99. The third-order valence-electron chi connectivity index (χ3n) is 5.15. The highest BCUT2D eigenvalue weighted by Crippen LogP contribution is 2.36.